The van der Waals surface area contributed by atoms with Crippen LogP contribution in [0.5, 0.6) is 0 Å². The highest BCUT2D eigenvalue weighted by Crippen LogP contribution is 2.24. The van der Waals surface area contributed by atoms with Crippen LogP contribution in [0.1, 0.15) is 21.5 Å². The number of anilines is 1. The molecule has 0 fully saturated rings. The molecule has 0 saturated carbocycles. The van der Waals surface area contributed by atoms with Crippen LogP contribution in [0.15, 0.2) is 40.9 Å². The number of nitrogens with two attached hydrogens (primary N) is 1. The number of hydrogen-bond donors (Lipinski definition) is 1. The van der Waals surface area contributed by atoms with E-state index in [9.17, 15) is 9.18 Å². The second-order valence-corrected chi connectivity index (χ2v) is 6.04. The molecule has 0 unspecified atom stereocenters. The molecule has 5 heteroatoms. The highest BCUT2D eigenvalue weighted by atomic mass is 79.9. The molecule has 3 rings (SSSR count). The first kappa shape index (κ1) is 14.1. The van der Waals surface area contributed by atoms with E-state index in [0.717, 1.165) is 12.0 Å². The molecule has 0 saturated heterocycles. The molecule has 2 aromatic carbocycles. The molecule has 21 heavy (non-hydrogen) atoms. The van der Waals surface area contributed by atoms with Crippen LogP contribution in [0.3, 0.4) is 0 Å². The van der Waals surface area contributed by atoms with E-state index < -0.39 is 0 Å². The Morgan fingerprint density at radius 1 is 1.24 bits per heavy atom. The Labute approximate surface area is 130 Å². The first-order valence-corrected chi connectivity index (χ1v) is 7.45. The van der Waals surface area contributed by atoms with Crippen LogP contribution in [0.25, 0.3) is 0 Å². The summed E-state index contributed by atoms with van der Waals surface area (Å²) >= 11 is 3.23. The van der Waals surface area contributed by atoms with Crippen molar-refractivity contribution < 1.29 is 9.18 Å². The number of carbonyl (C=O) groups excluding carboxylic acids is 1. The monoisotopic (exact) mass is 348 g/mol. The third-order valence-corrected chi connectivity index (χ3v) is 4.17. The molecule has 0 bridgehead atoms. The van der Waals surface area contributed by atoms with Gasteiger partial charge in [0.2, 0.25) is 0 Å². The summed E-state index contributed by atoms with van der Waals surface area (Å²) in [7, 11) is 0. The van der Waals surface area contributed by atoms with Crippen molar-refractivity contribution in [1.82, 2.24) is 4.90 Å². The number of carbonyl (C=O) groups is 1. The van der Waals surface area contributed by atoms with Gasteiger partial charge in [0.25, 0.3) is 5.91 Å². The maximum Gasteiger partial charge on any atom is 0.254 e. The Balaban J connectivity index is 1.86. The number of fused-ring (bicyclic) bond motifs is 1. The standard InChI is InChI=1S/C16H14BrFN2O/c17-12-3-1-11(15(18)7-12)9-20-6-5-10-2-4-13(19)8-14(10)16(20)21/h1-4,7-8H,5-6,9,19H2. The minimum atomic E-state index is -0.310. The van der Waals surface area contributed by atoms with Gasteiger partial charge in [-0.2, -0.15) is 0 Å². The molecular formula is C16H14BrFN2O. The quantitative estimate of drug-likeness (QED) is 0.845. The van der Waals surface area contributed by atoms with Gasteiger partial charge in [0.05, 0.1) is 0 Å². The van der Waals surface area contributed by atoms with E-state index in [0.29, 0.717) is 27.8 Å². The number of rotatable bonds is 2. The van der Waals surface area contributed by atoms with Gasteiger partial charge in [0.15, 0.2) is 0 Å². The van der Waals surface area contributed by atoms with Gasteiger partial charge in [-0.3, -0.25) is 4.79 Å². The number of nitrogen functional groups attached to an aromatic ring is 1. The van der Waals surface area contributed by atoms with Gasteiger partial charge in [0.1, 0.15) is 5.82 Å². The lowest BCUT2D eigenvalue weighted by Gasteiger charge is -2.29. The van der Waals surface area contributed by atoms with Crippen LogP contribution in [-0.2, 0) is 13.0 Å². The number of benzene rings is 2. The van der Waals surface area contributed by atoms with Gasteiger partial charge < -0.3 is 10.6 Å². The summed E-state index contributed by atoms with van der Waals surface area (Å²) in [4.78, 5) is 14.2. The second kappa shape index (κ2) is 5.48. The fraction of sp³-hybridized carbons (Fsp3) is 0.188. The van der Waals surface area contributed by atoms with Crippen molar-refractivity contribution in [2.75, 3.05) is 12.3 Å². The normalized spacial score (nSPS) is 14.2. The SMILES string of the molecule is Nc1ccc2c(c1)C(=O)N(Cc1ccc(Br)cc1F)CC2. The maximum absolute atomic E-state index is 13.9. The van der Waals surface area contributed by atoms with Crippen LogP contribution >= 0.6 is 15.9 Å². The lowest BCUT2D eigenvalue weighted by Crippen LogP contribution is -2.37. The highest BCUT2D eigenvalue weighted by molar-refractivity contribution is 9.10. The fourth-order valence-electron chi connectivity index (χ4n) is 2.54. The third kappa shape index (κ3) is 2.78. The maximum atomic E-state index is 13.9. The van der Waals surface area contributed by atoms with Crippen molar-refractivity contribution in [3.05, 3.63) is 63.4 Å². The molecule has 2 N–H and O–H groups in total. The zero-order chi connectivity index (χ0) is 15.0. The summed E-state index contributed by atoms with van der Waals surface area (Å²) in [6, 6.07) is 10.3. The molecule has 0 spiro atoms. The zero-order valence-electron chi connectivity index (χ0n) is 11.3. The minimum Gasteiger partial charge on any atom is -0.399 e. The zero-order valence-corrected chi connectivity index (χ0v) is 12.9. The topological polar surface area (TPSA) is 46.3 Å². The Bertz CT molecular complexity index is 717. The lowest BCUT2D eigenvalue weighted by molar-refractivity contribution is 0.0725. The molecular weight excluding hydrogens is 335 g/mol. The summed E-state index contributed by atoms with van der Waals surface area (Å²) < 4.78 is 14.6. The number of halogens is 2. The largest absolute Gasteiger partial charge is 0.399 e. The molecule has 108 valence electrons. The van der Waals surface area contributed by atoms with Crippen molar-refractivity contribution in [3.8, 4) is 0 Å². The van der Waals surface area contributed by atoms with Crippen molar-refractivity contribution in [2.24, 2.45) is 0 Å². The summed E-state index contributed by atoms with van der Waals surface area (Å²) in [6.45, 7) is 0.859. The van der Waals surface area contributed by atoms with E-state index in [1.54, 1.807) is 29.2 Å². The van der Waals surface area contributed by atoms with Crippen LogP contribution in [-0.4, -0.2) is 17.4 Å². The predicted molar refractivity (Wildman–Crippen MR) is 83.4 cm³/mol. The van der Waals surface area contributed by atoms with Crippen LogP contribution in [0.2, 0.25) is 0 Å². The van der Waals surface area contributed by atoms with Crippen LogP contribution in [0, 0.1) is 5.82 Å². The average Bonchev–Trinajstić information content (AvgIpc) is 2.45. The Morgan fingerprint density at radius 3 is 2.81 bits per heavy atom. The van der Waals surface area contributed by atoms with Gasteiger partial charge in [-0.15, -0.1) is 0 Å². The summed E-state index contributed by atoms with van der Waals surface area (Å²) in [5, 5.41) is 0. The van der Waals surface area contributed by atoms with Gasteiger partial charge in [-0.1, -0.05) is 28.1 Å². The van der Waals surface area contributed by atoms with Gasteiger partial charge in [-0.05, 0) is 36.2 Å². The minimum absolute atomic E-state index is 0.0918. The van der Waals surface area contributed by atoms with E-state index >= 15 is 0 Å². The fourth-order valence-corrected chi connectivity index (χ4v) is 2.88. The number of hydrogen-bond acceptors (Lipinski definition) is 2. The van der Waals surface area contributed by atoms with Crippen LogP contribution in [0.4, 0.5) is 10.1 Å². The van der Waals surface area contributed by atoms with Gasteiger partial charge in [0, 0.05) is 34.4 Å². The van der Waals surface area contributed by atoms with Crippen molar-refractivity contribution >= 4 is 27.5 Å². The second-order valence-electron chi connectivity index (χ2n) is 5.13. The molecule has 0 radical (unpaired) electrons. The first-order chi connectivity index (χ1) is 10.0. The Morgan fingerprint density at radius 2 is 2.05 bits per heavy atom. The van der Waals surface area contributed by atoms with Crippen molar-refractivity contribution in [3.63, 3.8) is 0 Å². The van der Waals surface area contributed by atoms with E-state index in [1.807, 2.05) is 6.07 Å². The van der Waals surface area contributed by atoms with Gasteiger partial charge in [-0.25, -0.2) is 4.39 Å². The summed E-state index contributed by atoms with van der Waals surface area (Å²) in [5.74, 6) is -0.401. The van der Waals surface area contributed by atoms with Crippen molar-refractivity contribution in [2.45, 2.75) is 13.0 Å². The summed E-state index contributed by atoms with van der Waals surface area (Å²) in [5.41, 5.74) is 8.45. The number of amides is 1. The van der Waals surface area contributed by atoms with E-state index in [1.165, 1.54) is 6.07 Å². The Hall–Kier alpha value is -1.88. The Kier molecular flexibility index (Phi) is 3.68. The third-order valence-electron chi connectivity index (χ3n) is 3.68. The van der Waals surface area contributed by atoms with E-state index in [4.69, 9.17) is 5.73 Å². The molecule has 3 nitrogen and oxygen atoms in total. The van der Waals surface area contributed by atoms with Crippen LogP contribution < -0.4 is 5.73 Å². The molecule has 1 heterocycles. The molecule has 1 amide bonds. The van der Waals surface area contributed by atoms with E-state index in [-0.39, 0.29) is 18.3 Å². The molecule has 1 aliphatic heterocycles. The predicted octanol–water partition coefficient (Wildman–Crippen LogP) is 3.37. The molecule has 0 aromatic heterocycles. The molecule has 2 aromatic rings. The van der Waals surface area contributed by atoms with Gasteiger partial charge >= 0.3 is 0 Å². The summed E-state index contributed by atoms with van der Waals surface area (Å²) in [6.07, 6.45) is 0.763. The van der Waals surface area contributed by atoms with Crippen molar-refractivity contribution in [1.29, 1.82) is 0 Å². The van der Waals surface area contributed by atoms with E-state index in [2.05, 4.69) is 15.9 Å². The average molecular weight is 349 g/mol. The molecule has 1 aliphatic rings. The molecule has 0 aliphatic carbocycles. The first-order valence-electron chi connectivity index (χ1n) is 6.66. The highest BCUT2D eigenvalue weighted by Gasteiger charge is 2.25. The lowest BCUT2D eigenvalue weighted by atomic mass is 9.98. The number of nitrogens with zero attached hydrogens (tertiary/aromatic N) is 1. The smallest absolute Gasteiger partial charge is 0.254 e. The molecule has 0 atom stereocenters.